The van der Waals surface area contributed by atoms with Gasteiger partial charge in [-0.05, 0) is 18.1 Å². The van der Waals surface area contributed by atoms with Gasteiger partial charge in [0.1, 0.15) is 6.04 Å². The van der Waals surface area contributed by atoms with Gasteiger partial charge in [-0.15, -0.1) is 0 Å². The first kappa shape index (κ1) is 13.9. The molecular formula is C13H14F3NO2. The Morgan fingerprint density at radius 3 is 2.74 bits per heavy atom. The molecule has 3 nitrogen and oxygen atoms in total. The lowest BCUT2D eigenvalue weighted by molar-refractivity contribution is -0.152. The van der Waals surface area contributed by atoms with Crippen LogP contribution in [0.5, 0.6) is 0 Å². The van der Waals surface area contributed by atoms with Crippen molar-refractivity contribution >= 4 is 5.97 Å². The number of benzene rings is 1. The predicted octanol–water partition coefficient (Wildman–Crippen LogP) is 2.45. The smallest absolute Gasteiger partial charge is 0.416 e. The molecule has 1 fully saturated rings. The van der Waals surface area contributed by atoms with Crippen molar-refractivity contribution in [3.05, 3.63) is 35.4 Å². The van der Waals surface area contributed by atoms with Gasteiger partial charge >= 0.3 is 12.1 Å². The van der Waals surface area contributed by atoms with Crippen molar-refractivity contribution in [1.29, 1.82) is 0 Å². The van der Waals surface area contributed by atoms with Crippen LogP contribution in [0, 0.1) is 0 Å². The molecule has 104 valence electrons. The minimum absolute atomic E-state index is 0.323. The fourth-order valence-corrected chi connectivity index (χ4v) is 2.11. The summed E-state index contributed by atoms with van der Waals surface area (Å²) in [5.74, 6) is -0.335. The average Bonchev–Trinajstić information content (AvgIpc) is 2.34. The molecule has 1 aromatic rings. The van der Waals surface area contributed by atoms with Crippen LogP contribution in [0.25, 0.3) is 0 Å². The van der Waals surface area contributed by atoms with Crippen molar-refractivity contribution in [2.45, 2.75) is 25.2 Å². The van der Waals surface area contributed by atoms with E-state index in [4.69, 9.17) is 0 Å². The normalized spacial score (nSPS) is 19.9. The van der Waals surface area contributed by atoms with Crippen LogP contribution in [0.15, 0.2) is 24.3 Å². The zero-order valence-electron chi connectivity index (χ0n) is 10.4. The summed E-state index contributed by atoms with van der Waals surface area (Å²) in [6.07, 6.45) is -3.65. The Bertz CT molecular complexity index is 473. The van der Waals surface area contributed by atoms with Crippen LogP contribution in [0.4, 0.5) is 13.2 Å². The molecule has 0 amide bonds. The Labute approximate surface area is 109 Å². The van der Waals surface area contributed by atoms with Gasteiger partial charge in [-0.2, -0.15) is 13.2 Å². The van der Waals surface area contributed by atoms with Gasteiger partial charge in [-0.3, -0.25) is 9.69 Å². The number of nitrogens with zero attached hydrogens (tertiary/aromatic N) is 1. The van der Waals surface area contributed by atoms with E-state index in [-0.39, 0.29) is 12.0 Å². The molecule has 6 heteroatoms. The minimum Gasteiger partial charge on any atom is -0.468 e. The number of rotatable bonds is 3. The van der Waals surface area contributed by atoms with E-state index in [1.807, 2.05) is 0 Å². The maximum absolute atomic E-state index is 12.6. The zero-order chi connectivity index (χ0) is 14.0. The fourth-order valence-electron chi connectivity index (χ4n) is 2.11. The molecule has 1 atom stereocenters. The van der Waals surface area contributed by atoms with Gasteiger partial charge in [0, 0.05) is 13.1 Å². The van der Waals surface area contributed by atoms with Crippen molar-refractivity contribution in [3.63, 3.8) is 0 Å². The number of alkyl halides is 3. The third-order valence-electron chi connectivity index (χ3n) is 3.24. The molecule has 0 saturated carbocycles. The summed E-state index contributed by atoms with van der Waals surface area (Å²) in [5, 5.41) is 0. The third kappa shape index (κ3) is 3.07. The molecule has 0 aromatic heterocycles. The molecule has 1 unspecified atom stereocenters. The molecule has 1 saturated heterocycles. The summed E-state index contributed by atoms with van der Waals surface area (Å²) < 4.78 is 42.4. The number of likely N-dealkylation sites (tertiary alicyclic amines) is 1. The average molecular weight is 273 g/mol. The molecular weight excluding hydrogens is 259 g/mol. The van der Waals surface area contributed by atoms with E-state index >= 15 is 0 Å². The lowest BCUT2D eigenvalue weighted by atomic mass is 10.0. The number of carbonyl (C=O) groups is 1. The van der Waals surface area contributed by atoms with E-state index < -0.39 is 11.7 Å². The van der Waals surface area contributed by atoms with E-state index in [0.29, 0.717) is 25.1 Å². The van der Waals surface area contributed by atoms with Gasteiger partial charge in [0.2, 0.25) is 0 Å². The Morgan fingerprint density at radius 1 is 1.47 bits per heavy atom. The number of methoxy groups -OCH3 is 1. The monoisotopic (exact) mass is 273 g/mol. The molecule has 2 rings (SSSR count). The van der Waals surface area contributed by atoms with Gasteiger partial charge in [-0.1, -0.05) is 18.2 Å². The number of hydrogen-bond acceptors (Lipinski definition) is 3. The molecule has 0 radical (unpaired) electrons. The van der Waals surface area contributed by atoms with Crippen molar-refractivity contribution in [2.75, 3.05) is 13.7 Å². The van der Waals surface area contributed by atoms with Crippen molar-refractivity contribution in [2.24, 2.45) is 0 Å². The van der Waals surface area contributed by atoms with E-state index in [0.717, 1.165) is 12.1 Å². The van der Waals surface area contributed by atoms with Gasteiger partial charge in [-0.25, -0.2) is 0 Å². The van der Waals surface area contributed by atoms with Gasteiger partial charge in [0.25, 0.3) is 0 Å². The van der Waals surface area contributed by atoms with E-state index in [9.17, 15) is 18.0 Å². The highest BCUT2D eigenvalue weighted by molar-refractivity contribution is 5.76. The number of esters is 1. The maximum atomic E-state index is 12.6. The summed E-state index contributed by atoms with van der Waals surface area (Å²) in [7, 11) is 1.31. The fraction of sp³-hybridized carbons (Fsp3) is 0.462. The van der Waals surface area contributed by atoms with Crippen molar-refractivity contribution in [3.8, 4) is 0 Å². The summed E-state index contributed by atoms with van der Waals surface area (Å²) in [5.41, 5.74) is -0.122. The molecule has 0 N–H and O–H groups in total. The van der Waals surface area contributed by atoms with Gasteiger partial charge < -0.3 is 4.74 Å². The molecule has 1 aliphatic heterocycles. The largest absolute Gasteiger partial charge is 0.468 e. The van der Waals surface area contributed by atoms with E-state index in [2.05, 4.69) is 4.74 Å². The highest BCUT2D eigenvalue weighted by Gasteiger charge is 2.35. The molecule has 0 bridgehead atoms. The standard InChI is InChI=1S/C13H14F3NO2/c1-19-12(18)11-5-6-17(11)8-9-3-2-4-10(7-9)13(14,15)16/h2-4,7,11H,5-6,8H2,1H3. The summed E-state index contributed by atoms with van der Waals surface area (Å²) in [6.45, 7) is 1.01. The maximum Gasteiger partial charge on any atom is 0.416 e. The first-order chi connectivity index (χ1) is 8.91. The number of ether oxygens (including phenoxy) is 1. The SMILES string of the molecule is COC(=O)C1CCN1Cc1cccc(C(F)(F)F)c1. The second kappa shape index (κ2) is 5.21. The van der Waals surface area contributed by atoms with E-state index in [1.165, 1.54) is 13.2 Å². The Morgan fingerprint density at radius 2 is 2.21 bits per heavy atom. The van der Waals surface area contributed by atoms with Crippen LogP contribution in [0.1, 0.15) is 17.5 Å². The van der Waals surface area contributed by atoms with Gasteiger partial charge in [0.05, 0.1) is 12.7 Å². The molecule has 1 aromatic carbocycles. The van der Waals surface area contributed by atoms with Crippen LogP contribution >= 0.6 is 0 Å². The Hall–Kier alpha value is -1.56. The lowest BCUT2D eigenvalue weighted by Crippen LogP contribution is -2.52. The number of halogens is 3. The first-order valence-corrected chi connectivity index (χ1v) is 5.90. The summed E-state index contributed by atoms with van der Waals surface area (Å²) >= 11 is 0. The van der Waals surface area contributed by atoms with E-state index in [1.54, 1.807) is 11.0 Å². The zero-order valence-corrected chi connectivity index (χ0v) is 10.4. The first-order valence-electron chi connectivity index (χ1n) is 5.90. The van der Waals surface area contributed by atoms with Crippen LogP contribution in [-0.4, -0.2) is 30.6 Å². The third-order valence-corrected chi connectivity index (χ3v) is 3.24. The topological polar surface area (TPSA) is 29.5 Å². The van der Waals surface area contributed by atoms with Crippen LogP contribution in [0.3, 0.4) is 0 Å². The number of carbonyl (C=O) groups excluding carboxylic acids is 1. The van der Waals surface area contributed by atoms with Crippen molar-refractivity contribution < 1.29 is 22.7 Å². The van der Waals surface area contributed by atoms with Gasteiger partial charge in [0.15, 0.2) is 0 Å². The molecule has 0 spiro atoms. The molecule has 19 heavy (non-hydrogen) atoms. The summed E-state index contributed by atoms with van der Waals surface area (Å²) in [4.78, 5) is 13.2. The second-order valence-electron chi connectivity index (χ2n) is 4.50. The highest BCUT2D eigenvalue weighted by atomic mass is 19.4. The van der Waals surface area contributed by atoms with Crippen LogP contribution < -0.4 is 0 Å². The number of hydrogen-bond donors (Lipinski definition) is 0. The Kier molecular flexibility index (Phi) is 3.80. The lowest BCUT2D eigenvalue weighted by Gasteiger charge is -2.38. The van der Waals surface area contributed by atoms with Crippen LogP contribution in [0.2, 0.25) is 0 Å². The van der Waals surface area contributed by atoms with Crippen LogP contribution in [-0.2, 0) is 22.3 Å². The quantitative estimate of drug-likeness (QED) is 0.792. The highest BCUT2D eigenvalue weighted by Crippen LogP contribution is 2.30. The van der Waals surface area contributed by atoms with Crippen molar-refractivity contribution in [1.82, 2.24) is 4.90 Å². The molecule has 0 aliphatic carbocycles. The molecule has 1 aliphatic rings. The Balaban J connectivity index is 2.06. The second-order valence-corrected chi connectivity index (χ2v) is 4.50. The predicted molar refractivity (Wildman–Crippen MR) is 62.3 cm³/mol. The molecule has 1 heterocycles. The summed E-state index contributed by atoms with van der Waals surface area (Å²) in [6, 6.07) is 4.83. The minimum atomic E-state index is -4.34.